The number of methoxy groups -OCH3 is 1. The van der Waals surface area contributed by atoms with Crippen LogP contribution in [0.1, 0.15) is 12.8 Å². The van der Waals surface area contributed by atoms with E-state index in [4.69, 9.17) is 9.47 Å². The average Bonchev–Trinajstić information content (AvgIpc) is 2.38. The number of carbonyl (C=O) groups is 1. The van der Waals surface area contributed by atoms with E-state index in [0.29, 0.717) is 19.8 Å². The van der Waals surface area contributed by atoms with Gasteiger partial charge in [0, 0.05) is 34.3 Å². The summed E-state index contributed by atoms with van der Waals surface area (Å²) in [6.45, 7) is 4.84. The highest BCUT2D eigenvalue weighted by molar-refractivity contribution is 5.78. The molecule has 106 valence electrons. The molecule has 0 aromatic rings. The standard InChI is InChI=1S/C13H26N2O3/c1-14(2)13(16)12-5-4-6-15(11-12)7-8-18-10-9-17-3/h12H,4-11H2,1-3H3/t12-/m1/s1. The van der Waals surface area contributed by atoms with Crippen LogP contribution in [0.15, 0.2) is 0 Å². The van der Waals surface area contributed by atoms with Gasteiger partial charge >= 0.3 is 0 Å². The summed E-state index contributed by atoms with van der Waals surface area (Å²) >= 11 is 0. The number of nitrogens with zero attached hydrogens (tertiary/aromatic N) is 2. The fourth-order valence-electron chi connectivity index (χ4n) is 2.26. The Morgan fingerprint density at radius 3 is 2.78 bits per heavy atom. The molecule has 0 radical (unpaired) electrons. The highest BCUT2D eigenvalue weighted by Crippen LogP contribution is 2.17. The fourth-order valence-corrected chi connectivity index (χ4v) is 2.26. The largest absolute Gasteiger partial charge is 0.382 e. The molecule has 0 unspecified atom stereocenters. The SMILES string of the molecule is COCCOCCN1CCC[C@@H](C(=O)N(C)C)C1. The van der Waals surface area contributed by atoms with Crippen molar-refractivity contribution >= 4 is 5.91 Å². The third kappa shape index (κ3) is 5.33. The van der Waals surface area contributed by atoms with Crippen molar-refractivity contribution in [2.24, 2.45) is 5.92 Å². The zero-order chi connectivity index (χ0) is 13.4. The molecule has 1 heterocycles. The molecule has 1 atom stereocenters. The van der Waals surface area contributed by atoms with Gasteiger partial charge in [0.25, 0.3) is 0 Å². The maximum Gasteiger partial charge on any atom is 0.226 e. The van der Waals surface area contributed by atoms with Crippen LogP contribution >= 0.6 is 0 Å². The third-order valence-electron chi connectivity index (χ3n) is 3.28. The Labute approximate surface area is 110 Å². The maximum atomic E-state index is 11.9. The van der Waals surface area contributed by atoms with Crippen LogP contribution in [-0.4, -0.2) is 76.4 Å². The molecule has 0 spiro atoms. The Hall–Kier alpha value is -0.650. The first-order chi connectivity index (χ1) is 8.65. The van der Waals surface area contributed by atoms with Crippen molar-refractivity contribution in [2.75, 3.05) is 60.7 Å². The molecule has 1 rings (SSSR count). The number of piperidine rings is 1. The fraction of sp³-hybridized carbons (Fsp3) is 0.923. The van der Waals surface area contributed by atoms with E-state index in [1.165, 1.54) is 0 Å². The van der Waals surface area contributed by atoms with E-state index in [9.17, 15) is 4.79 Å². The summed E-state index contributed by atoms with van der Waals surface area (Å²) in [5, 5.41) is 0. The Bertz CT molecular complexity index is 246. The van der Waals surface area contributed by atoms with E-state index >= 15 is 0 Å². The Morgan fingerprint density at radius 2 is 2.11 bits per heavy atom. The first-order valence-electron chi connectivity index (χ1n) is 6.65. The molecule has 1 amide bonds. The van der Waals surface area contributed by atoms with Crippen LogP contribution in [-0.2, 0) is 14.3 Å². The molecule has 5 heteroatoms. The minimum Gasteiger partial charge on any atom is -0.382 e. The van der Waals surface area contributed by atoms with Gasteiger partial charge in [0.05, 0.1) is 25.7 Å². The second kappa shape index (κ2) is 8.45. The average molecular weight is 258 g/mol. The number of ether oxygens (including phenoxy) is 2. The summed E-state index contributed by atoms with van der Waals surface area (Å²) in [5.74, 6) is 0.410. The van der Waals surface area contributed by atoms with Gasteiger partial charge < -0.3 is 19.3 Å². The summed E-state index contributed by atoms with van der Waals surface area (Å²) in [4.78, 5) is 15.9. The first-order valence-corrected chi connectivity index (χ1v) is 6.65. The molecule has 1 saturated heterocycles. The van der Waals surface area contributed by atoms with Gasteiger partial charge in [-0.2, -0.15) is 0 Å². The van der Waals surface area contributed by atoms with Crippen LogP contribution in [0.3, 0.4) is 0 Å². The molecule has 0 bridgehead atoms. The highest BCUT2D eigenvalue weighted by Gasteiger charge is 2.26. The number of hydrogen-bond acceptors (Lipinski definition) is 4. The van der Waals surface area contributed by atoms with Crippen molar-refractivity contribution in [2.45, 2.75) is 12.8 Å². The minimum absolute atomic E-state index is 0.160. The van der Waals surface area contributed by atoms with Crippen molar-refractivity contribution in [1.29, 1.82) is 0 Å². The maximum absolute atomic E-state index is 11.9. The number of likely N-dealkylation sites (tertiary alicyclic amines) is 1. The van der Waals surface area contributed by atoms with Gasteiger partial charge in [-0.05, 0) is 19.4 Å². The summed E-state index contributed by atoms with van der Waals surface area (Å²) in [6, 6.07) is 0. The number of rotatable bonds is 7. The molecule has 0 aromatic carbocycles. The first kappa shape index (κ1) is 15.4. The third-order valence-corrected chi connectivity index (χ3v) is 3.28. The van der Waals surface area contributed by atoms with Crippen LogP contribution in [0.4, 0.5) is 0 Å². The van der Waals surface area contributed by atoms with Crippen LogP contribution in [0.5, 0.6) is 0 Å². The monoisotopic (exact) mass is 258 g/mol. The van der Waals surface area contributed by atoms with Crippen molar-refractivity contribution in [3.63, 3.8) is 0 Å². The molecule has 0 aromatic heterocycles. The Balaban J connectivity index is 2.20. The number of hydrogen-bond donors (Lipinski definition) is 0. The van der Waals surface area contributed by atoms with E-state index in [1.807, 2.05) is 14.1 Å². The Morgan fingerprint density at radius 1 is 1.33 bits per heavy atom. The summed E-state index contributed by atoms with van der Waals surface area (Å²) < 4.78 is 10.4. The zero-order valence-electron chi connectivity index (χ0n) is 11.9. The summed E-state index contributed by atoms with van der Waals surface area (Å²) in [6.07, 6.45) is 2.11. The number of carbonyl (C=O) groups excluding carboxylic acids is 1. The molecule has 0 saturated carbocycles. The van der Waals surface area contributed by atoms with E-state index in [0.717, 1.165) is 32.5 Å². The van der Waals surface area contributed by atoms with E-state index in [1.54, 1.807) is 12.0 Å². The second-order valence-corrected chi connectivity index (χ2v) is 4.98. The molecular formula is C13H26N2O3. The predicted octanol–water partition coefficient (Wildman–Crippen LogP) is 0.450. The van der Waals surface area contributed by atoms with E-state index in [-0.39, 0.29) is 11.8 Å². The Kier molecular flexibility index (Phi) is 7.23. The topological polar surface area (TPSA) is 42.0 Å². The van der Waals surface area contributed by atoms with E-state index < -0.39 is 0 Å². The van der Waals surface area contributed by atoms with Gasteiger partial charge in [-0.3, -0.25) is 4.79 Å². The van der Waals surface area contributed by atoms with Gasteiger partial charge in [-0.25, -0.2) is 0 Å². The van der Waals surface area contributed by atoms with Gasteiger partial charge in [0.2, 0.25) is 5.91 Å². The van der Waals surface area contributed by atoms with Crippen molar-refractivity contribution < 1.29 is 14.3 Å². The summed E-state index contributed by atoms with van der Waals surface area (Å²) in [5.41, 5.74) is 0. The molecule has 5 nitrogen and oxygen atoms in total. The van der Waals surface area contributed by atoms with Gasteiger partial charge in [-0.1, -0.05) is 0 Å². The lowest BCUT2D eigenvalue weighted by Crippen LogP contribution is -2.43. The molecule has 1 aliphatic heterocycles. The molecule has 1 aliphatic rings. The lowest BCUT2D eigenvalue weighted by molar-refractivity contribution is -0.134. The van der Waals surface area contributed by atoms with Crippen LogP contribution < -0.4 is 0 Å². The lowest BCUT2D eigenvalue weighted by atomic mass is 9.97. The van der Waals surface area contributed by atoms with E-state index in [2.05, 4.69) is 4.90 Å². The second-order valence-electron chi connectivity index (χ2n) is 4.98. The highest BCUT2D eigenvalue weighted by atomic mass is 16.5. The smallest absolute Gasteiger partial charge is 0.226 e. The molecule has 0 aliphatic carbocycles. The molecule has 0 N–H and O–H groups in total. The lowest BCUT2D eigenvalue weighted by Gasteiger charge is -2.33. The van der Waals surface area contributed by atoms with Gasteiger partial charge in [0.1, 0.15) is 0 Å². The van der Waals surface area contributed by atoms with Crippen molar-refractivity contribution in [3.05, 3.63) is 0 Å². The van der Waals surface area contributed by atoms with Crippen molar-refractivity contribution in [1.82, 2.24) is 9.80 Å². The molecule has 1 fully saturated rings. The predicted molar refractivity (Wildman–Crippen MR) is 70.6 cm³/mol. The van der Waals surface area contributed by atoms with Crippen LogP contribution in [0.2, 0.25) is 0 Å². The van der Waals surface area contributed by atoms with Crippen LogP contribution in [0.25, 0.3) is 0 Å². The summed E-state index contributed by atoms with van der Waals surface area (Å²) in [7, 11) is 5.33. The molecular weight excluding hydrogens is 232 g/mol. The zero-order valence-corrected chi connectivity index (χ0v) is 11.9. The van der Waals surface area contributed by atoms with Gasteiger partial charge in [-0.15, -0.1) is 0 Å². The molecule has 18 heavy (non-hydrogen) atoms. The van der Waals surface area contributed by atoms with Crippen molar-refractivity contribution in [3.8, 4) is 0 Å². The van der Waals surface area contributed by atoms with Crippen LogP contribution in [0, 0.1) is 5.92 Å². The van der Waals surface area contributed by atoms with Gasteiger partial charge in [0.15, 0.2) is 0 Å². The minimum atomic E-state index is 0.160. The normalized spacial score (nSPS) is 20.9. The quantitative estimate of drug-likeness (QED) is 0.622. The number of amides is 1.